The van der Waals surface area contributed by atoms with Gasteiger partial charge in [0.15, 0.2) is 0 Å². The Bertz CT molecular complexity index is 535. The van der Waals surface area contributed by atoms with Gasteiger partial charge in [0.2, 0.25) is 8.32 Å². The van der Waals surface area contributed by atoms with Crippen LogP contribution in [-0.4, -0.2) is 13.6 Å². The van der Waals surface area contributed by atoms with Gasteiger partial charge in [0.25, 0.3) is 0 Å². The average Bonchev–Trinajstić information content (AvgIpc) is 2.32. The number of hydrogen-bond donors (Lipinski definition) is 0. The predicted molar refractivity (Wildman–Crippen MR) is 103 cm³/mol. The molecule has 0 N–H and O–H groups in total. The molecule has 0 radical (unpaired) electrons. The van der Waals surface area contributed by atoms with Crippen LogP contribution in [0, 0.1) is 13.8 Å². The largest absolute Gasteiger partial charge is 0.546 e. The van der Waals surface area contributed by atoms with E-state index in [1.807, 2.05) is 6.08 Å². The van der Waals surface area contributed by atoms with Crippen molar-refractivity contribution in [3.8, 4) is 0 Å². The molecule has 122 valence electrons. The smallest absolute Gasteiger partial charge is 0.250 e. The zero-order chi connectivity index (χ0) is 17.1. The lowest BCUT2D eigenvalue weighted by molar-refractivity contribution is 0.381. The molecule has 0 aliphatic heterocycles. The van der Waals surface area contributed by atoms with Gasteiger partial charge >= 0.3 is 0 Å². The summed E-state index contributed by atoms with van der Waals surface area (Å²) in [5, 5.41) is 0.252. The van der Waals surface area contributed by atoms with Crippen molar-refractivity contribution in [1.29, 1.82) is 0 Å². The molecule has 1 aromatic carbocycles. The van der Waals surface area contributed by atoms with Gasteiger partial charge in [-0.2, -0.15) is 0 Å². The van der Waals surface area contributed by atoms with Crippen LogP contribution >= 0.6 is 11.8 Å². The van der Waals surface area contributed by atoms with E-state index in [0.29, 0.717) is 0 Å². The fraction of sp³-hybridized carbons (Fsp3) is 0.474. The maximum Gasteiger partial charge on any atom is 0.250 e. The minimum atomic E-state index is -1.85. The third kappa shape index (κ3) is 5.06. The number of rotatable bonds is 6. The Morgan fingerprint density at radius 1 is 1.18 bits per heavy atom. The molecule has 0 fully saturated rings. The Kier molecular flexibility index (Phi) is 6.16. The highest BCUT2D eigenvalue weighted by Gasteiger charge is 2.39. The van der Waals surface area contributed by atoms with Crippen molar-refractivity contribution in [3.63, 3.8) is 0 Å². The second-order valence-electron chi connectivity index (χ2n) is 7.43. The predicted octanol–water partition coefficient (Wildman–Crippen LogP) is 6.49. The van der Waals surface area contributed by atoms with Gasteiger partial charge in [0.1, 0.15) is 0 Å². The topological polar surface area (TPSA) is 9.23 Å². The fourth-order valence-corrected chi connectivity index (χ4v) is 4.18. The van der Waals surface area contributed by atoms with Gasteiger partial charge in [-0.05, 0) is 55.2 Å². The first-order valence-electron chi connectivity index (χ1n) is 7.71. The average molecular weight is 335 g/mol. The minimum absolute atomic E-state index is 0.0790. The lowest BCUT2D eigenvalue weighted by Gasteiger charge is -2.38. The van der Waals surface area contributed by atoms with Gasteiger partial charge in [0.05, 0.1) is 11.0 Å². The van der Waals surface area contributed by atoms with Gasteiger partial charge in [0, 0.05) is 4.90 Å². The van der Waals surface area contributed by atoms with E-state index in [4.69, 9.17) is 4.43 Å². The highest BCUT2D eigenvalue weighted by molar-refractivity contribution is 8.00. The first-order valence-corrected chi connectivity index (χ1v) is 11.5. The molecular formula is C19H30OSSi. The van der Waals surface area contributed by atoms with Crippen LogP contribution in [0.2, 0.25) is 18.1 Å². The molecule has 0 aromatic heterocycles. The van der Waals surface area contributed by atoms with E-state index in [1.54, 1.807) is 11.8 Å². The lowest BCUT2D eigenvalue weighted by Crippen LogP contribution is -2.41. The first-order chi connectivity index (χ1) is 9.96. The van der Waals surface area contributed by atoms with E-state index in [-0.39, 0.29) is 10.3 Å². The number of aryl methyl sites for hydroxylation is 2. The zero-order valence-corrected chi connectivity index (χ0v) is 16.9. The Balaban J connectivity index is 2.88. The van der Waals surface area contributed by atoms with E-state index in [1.165, 1.54) is 16.0 Å². The maximum atomic E-state index is 6.34. The molecular weight excluding hydrogens is 304 g/mol. The normalized spacial score (nSPS) is 13.6. The molecule has 0 aliphatic carbocycles. The summed E-state index contributed by atoms with van der Waals surface area (Å²) in [6.45, 7) is 23.6. The molecule has 3 heteroatoms. The summed E-state index contributed by atoms with van der Waals surface area (Å²) < 4.78 is 6.34. The molecule has 0 saturated heterocycles. The van der Waals surface area contributed by atoms with Crippen molar-refractivity contribution in [3.05, 3.63) is 54.3 Å². The summed E-state index contributed by atoms with van der Waals surface area (Å²) in [6, 6.07) is 6.59. The monoisotopic (exact) mass is 334 g/mol. The van der Waals surface area contributed by atoms with Gasteiger partial charge in [-0.1, -0.05) is 39.5 Å². The molecule has 1 aromatic rings. The molecule has 0 unspecified atom stereocenters. The highest BCUT2D eigenvalue weighted by Crippen LogP contribution is 2.40. The van der Waals surface area contributed by atoms with Gasteiger partial charge in [-0.3, -0.25) is 0 Å². The molecule has 0 spiro atoms. The third-order valence-electron chi connectivity index (χ3n) is 4.18. The van der Waals surface area contributed by atoms with E-state index < -0.39 is 8.32 Å². The van der Waals surface area contributed by atoms with E-state index in [2.05, 4.69) is 79.1 Å². The van der Waals surface area contributed by atoms with Crippen molar-refractivity contribution >= 4 is 20.1 Å². The van der Waals surface area contributed by atoms with Crippen LogP contribution in [-0.2, 0) is 4.43 Å². The van der Waals surface area contributed by atoms with E-state index >= 15 is 0 Å². The quantitative estimate of drug-likeness (QED) is 0.255. The molecule has 0 aliphatic rings. The summed E-state index contributed by atoms with van der Waals surface area (Å²) >= 11 is 1.76. The standard InChI is InChI=1S/C19H30OSSi/c1-10-18(16(4)20-22(8,9)19(5,6)7)21-17-12-14(2)11-15(3)13-17/h10-13,18H,1,4H2,2-3,5-9H3/t18-/m1/s1. The van der Waals surface area contributed by atoms with Crippen LogP contribution < -0.4 is 0 Å². The Morgan fingerprint density at radius 3 is 2.09 bits per heavy atom. The van der Waals surface area contributed by atoms with E-state index in [9.17, 15) is 0 Å². The van der Waals surface area contributed by atoms with Crippen molar-refractivity contribution in [2.75, 3.05) is 0 Å². The number of hydrogen-bond acceptors (Lipinski definition) is 2. The zero-order valence-electron chi connectivity index (χ0n) is 15.1. The molecule has 22 heavy (non-hydrogen) atoms. The number of thioether (sulfide) groups is 1. The first kappa shape index (κ1) is 19.1. The second-order valence-corrected chi connectivity index (χ2v) is 13.4. The highest BCUT2D eigenvalue weighted by atomic mass is 32.2. The van der Waals surface area contributed by atoms with E-state index in [0.717, 1.165) is 5.76 Å². The fourth-order valence-electron chi connectivity index (χ4n) is 1.93. The summed E-state index contributed by atoms with van der Waals surface area (Å²) in [6.07, 6.45) is 1.93. The lowest BCUT2D eigenvalue weighted by atomic mass is 10.2. The van der Waals surface area contributed by atoms with Crippen molar-refractivity contribution in [2.24, 2.45) is 0 Å². The third-order valence-corrected chi connectivity index (χ3v) is 9.78. The molecule has 0 amide bonds. The molecule has 0 heterocycles. The maximum absolute atomic E-state index is 6.34. The van der Waals surface area contributed by atoms with Crippen molar-refractivity contribution in [1.82, 2.24) is 0 Å². The minimum Gasteiger partial charge on any atom is -0.546 e. The van der Waals surface area contributed by atoms with Crippen LogP contribution in [0.15, 0.2) is 48.1 Å². The summed E-state index contributed by atoms with van der Waals surface area (Å²) in [7, 11) is -1.85. The number of benzene rings is 1. The molecule has 1 nitrogen and oxygen atoms in total. The molecule has 0 bridgehead atoms. The van der Waals surface area contributed by atoms with Gasteiger partial charge in [-0.15, -0.1) is 18.3 Å². The van der Waals surface area contributed by atoms with Crippen LogP contribution in [0.25, 0.3) is 0 Å². The van der Waals surface area contributed by atoms with Gasteiger partial charge in [-0.25, -0.2) is 0 Å². The molecule has 1 atom stereocenters. The Labute approximate surface area is 142 Å². The van der Waals surface area contributed by atoms with Crippen LogP contribution in [0.5, 0.6) is 0 Å². The van der Waals surface area contributed by atoms with Crippen LogP contribution in [0.3, 0.4) is 0 Å². The summed E-state index contributed by atoms with van der Waals surface area (Å²) in [5.41, 5.74) is 2.56. The van der Waals surface area contributed by atoms with Crippen molar-refractivity contribution < 1.29 is 4.43 Å². The summed E-state index contributed by atoms with van der Waals surface area (Å²) in [5.74, 6) is 0.825. The summed E-state index contributed by atoms with van der Waals surface area (Å²) in [4.78, 5) is 1.24. The SMILES string of the molecule is C=C[C@@H](Sc1cc(C)cc(C)c1)C(=C)O[Si](C)(C)C(C)(C)C. The van der Waals surface area contributed by atoms with Crippen molar-refractivity contribution in [2.45, 2.75) is 62.9 Å². The van der Waals surface area contributed by atoms with Crippen LogP contribution in [0.4, 0.5) is 0 Å². The molecule has 1 rings (SSSR count). The Morgan fingerprint density at radius 2 is 1.68 bits per heavy atom. The Hall–Kier alpha value is -0.933. The van der Waals surface area contributed by atoms with Gasteiger partial charge < -0.3 is 4.43 Å². The molecule has 0 saturated carbocycles. The second kappa shape index (κ2) is 7.09. The van der Waals surface area contributed by atoms with Crippen LogP contribution in [0.1, 0.15) is 31.9 Å².